The largest absolute Gasteiger partial charge is 0.322 e. The molecular formula is C18H21BrN4O3. The maximum Gasteiger partial charge on any atom is 0.255 e. The van der Waals surface area contributed by atoms with Gasteiger partial charge in [0.15, 0.2) is 0 Å². The summed E-state index contributed by atoms with van der Waals surface area (Å²) in [5.74, 6) is -0.764. The molecule has 1 aromatic rings. The molecule has 0 spiro atoms. The average molecular weight is 421 g/mol. The van der Waals surface area contributed by atoms with E-state index in [4.69, 9.17) is 0 Å². The van der Waals surface area contributed by atoms with Gasteiger partial charge in [0.05, 0.1) is 0 Å². The lowest BCUT2D eigenvalue weighted by Gasteiger charge is -2.30. The van der Waals surface area contributed by atoms with Gasteiger partial charge < -0.3 is 10.2 Å². The topological polar surface area (TPSA) is 81.8 Å². The molecule has 3 amide bonds. The SMILES string of the molecule is O=C1CCC(N2Cc3c(CN4CCNCC4)cc(Br)cc3C2=O)C(=O)N1. The van der Waals surface area contributed by atoms with Crippen molar-refractivity contribution in [3.8, 4) is 0 Å². The molecule has 0 saturated carbocycles. The van der Waals surface area contributed by atoms with Gasteiger partial charge in [-0.25, -0.2) is 0 Å². The molecule has 3 aliphatic rings. The third-order valence-electron chi connectivity index (χ3n) is 5.32. The van der Waals surface area contributed by atoms with E-state index in [9.17, 15) is 14.4 Å². The van der Waals surface area contributed by atoms with Crippen LogP contribution in [0.4, 0.5) is 0 Å². The lowest BCUT2D eigenvalue weighted by atomic mass is 10.0. The van der Waals surface area contributed by atoms with Gasteiger partial charge in [-0.15, -0.1) is 0 Å². The summed E-state index contributed by atoms with van der Waals surface area (Å²) in [6.45, 7) is 5.11. The molecule has 1 atom stereocenters. The van der Waals surface area contributed by atoms with Crippen molar-refractivity contribution in [3.63, 3.8) is 0 Å². The summed E-state index contributed by atoms with van der Waals surface area (Å²) in [4.78, 5) is 40.5. The number of halogens is 1. The van der Waals surface area contributed by atoms with Crippen LogP contribution in [0.5, 0.6) is 0 Å². The Hall–Kier alpha value is -1.77. The van der Waals surface area contributed by atoms with Gasteiger partial charge in [-0.3, -0.25) is 24.6 Å². The molecule has 138 valence electrons. The summed E-state index contributed by atoms with van der Waals surface area (Å²) in [7, 11) is 0. The van der Waals surface area contributed by atoms with E-state index in [1.165, 1.54) is 0 Å². The molecule has 7 nitrogen and oxygen atoms in total. The molecule has 2 N–H and O–H groups in total. The van der Waals surface area contributed by atoms with E-state index in [-0.39, 0.29) is 24.1 Å². The van der Waals surface area contributed by atoms with E-state index in [1.807, 2.05) is 6.07 Å². The third kappa shape index (κ3) is 3.28. The highest BCUT2D eigenvalue weighted by Gasteiger charge is 2.40. The fourth-order valence-electron chi connectivity index (χ4n) is 3.95. The van der Waals surface area contributed by atoms with E-state index in [0.717, 1.165) is 48.3 Å². The zero-order valence-electron chi connectivity index (χ0n) is 14.4. The molecule has 1 unspecified atom stereocenters. The first-order chi connectivity index (χ1) is 12.5. The number of nitrogens with zero attached hydrogens (tertiary/aromatic N) is 2. The monoisotopic (exact) mass is 420 g/mol. The highest BCUT2D eigenvalue weighted by atomic mass is 79.9. The molecule has 0 aromatic heterocycles. The van der Waals surface area contributed by atoms with Gasteiger partial charge >= 0.3 is 0 Å². The molecule has 2 saturated heterocycles. The number of rotatable bonds is 3. The van der Waals surface area contributed by atoms with Crippen molar-refractivity contribution in [2.75, 3.05) is 26.2 Å². The van der Waals surface area contributed by atoms with Crippen LogP contribution in [0.15, 0.2) is 16.6 Å². The standard InChI is InChI=1S/C18H21BrN4O3/c19-12-7-11(9-22-5-3-20-4-6-22)14-10-23(18(26)13(14)8-12)15-1-2-16(24)21-17(15)25/h7-8,15,20H,1-6,9-10H2,(H,21,24,25). The molecular weight excluding hydrogens is 400 g/mol. The number of carbonyl (C=O) groups is 3. The number of imide groups is 1. The smallest absolute Gasteiger partial charge is 0.255 e. The number of fused-ring (bicyclic) bond motifs is 1. The van der Waals surface area contributed by atoms with Crippen LogP contribution in [0.2, 0.25) is 0 Å². The van der Waals surface area contributed by atoms with Crippen LogP contribution < -0.4 is 10.6 Å². The zero-order valence-corrected chi connectivity index (χ0v) is 16.0. The summed E-state index contributed by atoms with van der Waals surface area (Å²) in [6, 6.07) is 3.34. The van der Waals surface area contributed by atoms with Crippen molar-refractivity contribution < 1.29 is 14.4 Å². The maximum absolute atomic E-state index is 12.9. The van der Waals surface area contributed by atoms with Crippen LogP contribution in [0.25, 0.3) is 0 Å². The summed E-state index contributed by atoms with van der Waals surface area (Å²) in [5, 5.41) is 5.69. The van der Waals surface area contributed by atoms with E-state index in [0.29, 0.717) is 18.5 Å². The van der Waals surface area contributed by atoms with Gasteiger partial charge in [-0.1, -0.05) is 15.9 Å². The average Bonchev–Trinajstić information content (AvgIpc) is 2.93. The van der Waals surface area contributed by atoms with Crippen molar-refractivity contribution in [1.29, 1.82) is 0 Å². The molecule has 0 aliphatic carbocycles. The number of amides is 3. The number of hydrogen-bond acceptors (Lipinski definition) is 5. The number of hydrogen-bond donors (Lipinski definition) is 2. The Morgan fingerprint density at radius 1 is 1.15 bits per heavy atom. The number of piperidine rings is 1. The summed E-state index contributed by atoms with van der Waals surface area (Å²) in [6.07, 6.45) is 0.659. The lowest BCUT2D eigenvalue weighted by Crippen LogP contribution is -2.52. The highest BCUT2D eigenvalue weighted by Crippen LogP contribution is 2.33. The van der Waals surface area contributed by atoms with E-state index < -0.39 is 6.04 Å². The minimum absolute atomic E-state index is 0.127. The number of nitrogens with one attached hydrogen (secondary N) is 2. The molecule has 0 radical (unpaired) electrons. The van der Waals surface area contributed by atoms with Gasteiger partial charge in [-0.05, 0) is 29.7 Å². The van der Waals surface area contributed by atoms with Crippen molar-refractivity contribution in [2.24, 2.45) is 0 Å². The Balaban J connectivity index is 1.59. The third-order valence-corrected chi connectivity index (χ3v) is 5.77. The Labute approximate surface area is 160 Å². The van der Waals surface area contributed by atoms with Crippen LogP contribution in [-0.2, 0) is 22.7 Å². The Morgan fingerprint density at radius 3 is 2.65 bits per heavy atom. The molecule has 4 rings (SSSR count). The summed E-state index contributed by atoms with van der Waals surface area (Å²) < 4.78 is 0.875. The van der Waals surface area contributed by atoms with Crippen molar-refractivity contribution in [1.82, 2.24) is 20.4 Å². The lowest BCUT2D eigenvalue weighted by molar-refractivity contribution is -0.136. The zero-order chi connectivity index (χ0) is 18.3. The predicted molar refractivity (Wildman–Crippen MR) is 98.3 cm³/mol. The Kier molecular flexibility index (Phi) is 4.81. The first-order valence-electron chi connectivity index (χ1n) is 8.92. The fraction of sp³-hybridized carbons (Fsp3) is 0.500. The summed E-state index contributed by atoms with van der Waals surface area (Å²) >= 11 is 3.52. The molecule has 3 heterocycles. The predicted octanol–water partition coefficient (Wildman–Crippen LogP) is 0.615. The van der Waals surface area contributed by atoms with Gasteiger partial charge in [0.2, 0.25) is 11.8 Å². The van der Waals surface area contributed by atoms with Gasteiger partial charge in [0.1, 0.15) is 6.04 Å². The summed E-state index contributed by atoms with van der Waals surface area (Å²) in [5.41, 5.74) is 2.79. The molecule has 1 aromatic carbocycles. The van der Waals surface area contributed by atoms with Crippen LogP contribution >= 0.6 is 15.9 Å². The van der Waals surface area contributed by atoms with Crippen molar-refractivity contribution in [2.45, 2.75) is 32.0 Å². The second-order valence-corrected chi connectivity index (χ2v) is 7.93. The second kappa shape index (κ2) is 7.09. The van der Waals surface area contributed by atoms with Crippen LogP contribution in [0.1, 0.15) is 34.3 Å². The Morgan fingerprint density at radius 2 is 1.92 bits per heavy atom. The van der Waals surface area contributed by atoms with Gasteiger partial charge in [0, 0.05) is 55.7 Å². The van der Waals surface area contributed by atoms with E-state index >= 15 is 0 Å². The minimum atomic E-state index is -0.571. The number of piperazine rings is 1. The Bertz CT molecular complexity index is 776. The number of carbonyl (C=O) groups excluding carboxylic acids is 3. The van der Waals surface area contributed by atoms with Gasteiger partial charge in [0.25, 0.3) is 5.91 Å². The molecule has 26 heavy (non-hydrogen) atoms. The van der Waals surface area contributed by atoms with Gasteiger partial charge in [-0.2, -0.15) is 0 Å². The normalized spacial score (nSPS) is 24.0. The van der Waals surface area contributed by atoms with E-state index in [1.54, 1.807) is 4.90 Å². The van der Waals surface area contributed by atoms with Crippen LogP contribution in [-0.4, -0.2) is 59.7 Å². The minimum Gasteiger partial charge on any atom is -0.322 e. The molecule has 2 fully saturated rings. The molecule has 0 bridgehead atoms. The first kappa shape index (κ1) is 17.6. The van der Waals surface area contributed by atoms with Crippen molar-refractivity contribution in [3.05, 3.63) is 33.3 Å². The number of benzene rings is 1. The maximum atomic E-state index is 12.9. The molecule has 8 heteroatoms. The highest BCUT2D eigenvalue weighted by molar-refractivity contribution is 9.10. The quantitative estimate of drug-likeness (QED) is 0.700. The molecule has 3 aliphatic heterocycles. The first-order valence-corrected chi connectivity index (χ1v) is 9.71. The fourth-order valence-corrected chi connectivity index (χ4v) is 4.46. The van der Waals surface area contributed by atoms with E-state index in [2.05, 4.69) is 37.5 Å². The van der Waals surface area contributed by atoms with Crippen LogP contribution in [0, 0.1) is 0 Å². The van der Waals surface area contributed by atoms with Crippen molar-refractivity contribution >= 4 is 33.7 Å². The van der Waals surface area contributed by atoms with Crippen LogP contribution in [0.3, 0.4) is 0 Å². The second-order valence-electron chi connectivity index (χ2n) is 7.02.